The van der Waals surface area contributed by atoms with Gasteiger partial charge in [-0.25, -0.2) is 14.4 Å². The van der Waals surface area contributed by atoms with Crippen LogP contribution in [0, 0.1) is 5.92 Å². The Bertz CT molecular complexity index is 2240. The summed E-state index contributed by atoms with van der Waals surface area (Å²) >= 11 is 0. The fourth-order valence-corrected chi connectivity index (χ4v) is 7.63. The number of nitrogens with one attached hydrogen (secondary N) is 2. The number of esters is 4. The van der Waals surface area contributed by atoms with Gasteiger partial charge < -0.3 is 54.3 Å². The fourth-order valence-electron chi connectivity index (χ4n) is 7.63. The number of nitrogens with zero attached hydrogens (tertiary/aromatic N) is 1. The smallest absolute Gasteiger partial charge is 0.410 e. The Labute approximate surface area is 374 Å². The highest BCUT2D eigenvalue weighted by molar-refractivity contribution is 5.93. The van der Waals surface area contributed by atoms with Gasteiger partial charge in [0.05, 0.1) is 12.8 Å². The number of rotatable bonds is 17. The molecule has 0 saturated carbocycles. The van der Waals surface area contributed by atoms with Crippen LogP contribution in [0.3, 0.4) is 0 Å². The third-order valence-corrected chi connectivity index (χ3v) is 10.4. The molecule has 20 nitrogen and oxygen atoms in total. The molecule has 348 valence electrons. The van der Waals surface area contributed by atoms with E-state index in [0.29, 0.717) is 5.56 Å². The second-order valence-electron chi connectivity index (χ2n) is 15.4. The van der Waals surface area contributed by atoms with Gasteiger partial charge >= 0.3 is 36.1 Å². The zero-order valence-corrected chi connectivity index (χ0v) is 36.9. The van der Waals surface area contributed by atoms with E-state index in [2.05, 4.69) is 10.6 Å². The molecule has 4 N–H and O–H groups in total. The van der Waals surface area contributed by atoms with Gasteiger partial charge in [0.2, 0.25) is 24.2 Å². The van der Waals surface area contributed by atoms with Gasteiger partial charge in [0.15, 0.2) is 18.3 Å². The number of alkyl carbamates (subject to hydrolysis) is 1. The number of likely N-dealkylation sites (N-methyl/N-ethyl adjacent to an activating group) is 1. The number of benzene rings is 3. The van der Waals surface area contributed by atoms with Gasteiger partial charge in [-0.15, -0.1) is 0 Å². The first-order valence-electron chi connectivity index (χ1n) is 20.5. The van der Waals surface area contributed by atoms with E-state index in [1.807, 2.05) is 48.5 Å². The minimum atomic E-state index is -1.79. The molecule has 1 aliphatic heterocycles. The first-order chi connectivity index (χ1) is 30.9. The van der Waals surface area contributed by atoms with Crippen molar-refractivity contribution in [3.8, 4) is 16.9 Å². The van der Waals surface area contributed by atoms with Gasteiger partial charge in [-0.3, -0.25) is 28.9 Å². The molecule has 0 unspecified atom stereocenters. The Morgan fingerprint density at radius 2 is 1.37 bits per heavy atom. The Morgan fingerprint density at radius 1 is 0.785 bits per heavy atom. The highest BCUT2D eigenvalue weighted by atomic mass is 16.7. The summed E-state index contributed by atoms with van der Waals surface area (Å²) in [6.45, 7) is 6.03. The van der Waals surface area contributed by atoms with E-state index < -0.39 is 84.6 Å². The van der Waals surface area contributed by atoms with Crippen molar-refractivity contribution in [3.05, 3.63) is 83.4 Å². The van der Waals surface area contributed by atoms with Crippen molar-refractivity contribution in [2.75, 3.05) is 32.6 Å². The molecule has 0 spiro atoms. The number of hydrogen-bond acceptors (Lipinski definition) is 16. The maximum absolute atomic E-state index is 13.5. The Kier molecular flexibility index (Phi) is 16.5. The number of fused-ring (bicyclic) bond motifs is 3. The van der Waals surface area contributed by atoms with Gasteiger partial charge in [0.25, 0.3) is 0 Å². The number of amides is 4. The second kappa shape index (κ2) is 21.9. The van der Waals surface area contributed by atoms with E-state index in [4.69, 9.17) is 43.6 Å². The topological polar surface area (TPSA) is 264 Å². The standard InChI is InChI=1S/C45H52N4O16/c1-23(2)36(41(46)54)49(6)45(57)60-21-27-16-17-34(64-43-40(63-26(5)52)38(62-25(4)51)37(61-24(3)50)39(65-43)42(55)58-7)33(20-27)48-35(53)18-19-47-44(56)59-22-32-30-14-10-8-12-28(30)29-13-9-11-15-31(29)32/h8-17,20,23,32,36-40,43H,18-19,21-22H2,1-7H3,(H2,46,54)(H,47,56)(H,48,53)/t36-,37-,38-,39-,40+,43+/m0/s1. The van der Waals surface area contributed by atoms with E-state index >= 15 is 0 Å². The van der Waals surface area contributed by atoms with Crippen LogP contribution in [0.4, 0.5) is 15.3 Å². The average molecular weight is 905 g/mol. The molecule has 20 heteroatoms. The van der Waals surface area contributed by atoms with Crippen molar-refractivity contribution in [1.82, 2.24) is 10.2 Å². The van der Waals surface area contributed by atoms with Crippen LogP contribution >= 0.6 is 0 Å². The van der Waals surface area contributed by atoms with E-state index in [1.165, 1.54) is 25.2 Å². The molecule has 6 atom stereocenters. The van der Waals surface area contributed by atoms with Crippen LogP contribution in [-0.4, -0.2) is 117 Å². The number of hydrogen-bond donors (Lipinski definition) is 3. The van der Waals surface area contributed by atoms with E-state index in [0.717, 1.165) is 55.0 Å². The zero-order valence-electron chi connectivity index (χ0n) is 36.9. The van der Waals surface area contributed by atoms with Crippen molar-refractivity contribution >= 4 is 53.6 Å². The summed E-state index contributed by atoms with van der Waals surface area (Å²) < 4.78 is 44.2. The molecule has 0 aromatic heterocycles. The molecular weight excluding hydrogens is 853 g/mol. The summed E-state index contributed by atoms with van der Waals surface area (Å²) in [6.07, 6.45) is -10.5. The predicted octanol–water partition coefficient (Wildman–Crippen LogP) is 3.70. The quantitative estimate of drug-likeness (QED) is 0.129. The van der Waals surface area contributed by atoms with Crippen molar-refractivity contribution in [2.45, 2.75) is 90.3 Å². The summed E-state index contributed by atoms with van der Waals surface area (Å²) in [4.78, 5) is 102. The molecule has 3 aromatic rings. The highest BCUT2D eigenvalue weighted by Gasteiger charge is 2.56. The van der Waals surface area contributed by atoms with Crippen LogP contribution in [-0.2, 0) is 68.5 Å². The zero-order chi connectivity index (χ0) is 47.5. The molecule has 5 rings (SSSR count). The Hall–Kier alpha value is -7.22. The van der Waals surface area contributed by atoms with E-state index in [9.17, 15) is 38.4 Å². The Balaban J connectivity index is 1.36. The molecular formula is C45H52N4O16. The number of carbonyl (C=O) groups is 8. The summed E-state index contributed by atoms with van der Waals surface area (Å²) in [6, 6.07) is 18.9. The van der Waals surface area contributed by atoms with Crippen molar-refractivity contribution < 1.29 is 76.3 Å². The first kappa shape index (κ1) is 48.8. The molecule has 65 heavy (non-hydrogen) atoms. The number of primary amides is 1. The molecule has 1 aliphatic carbocycles. The highest BCUT2D eigenvalue weighted by Crippen LogP contribution is 2.44. The van der Waals surface area contributed by atoms with Crippen molar-refractivity contribution in [3.63, 3.8) is 0 Å². The summed E-state index contributed by atoms with van der Waals surface area (Å²) in [7, 11) is 2.39. The largest absolute Gasteiger partial charge is 0.467 e. The van der Waals surface area contributed by atoms with Crippen LogP contribution in [0.1, 0.15) is 63.6 Å². The number of anilines is 1. The van der Waals surface area contributed by atoms with Crippen LogP contribution in [0.5, 0.6) is 5.75 Å². The minimum absolute atomic E-state index is 0.0505. The second-order valence-corrected chi connectivity index (χ2v) is 15.4. The third-order valence-electron chi connectivity index (χ3n) is 10.4. The number of nitrogens with two attached hydrogens (primary N) is 1. The number of carbonyl (C=O) groups excluding carboxylic acids is 8. The molecule has 1 heterocycles. The van der Waals surface area contributed by atoms with Crippen LogP contribution in [0.2, 0.25) is 0 Å². The summed E-state index contributed by atoms with van der Waals surface area (Å²) in [5.41, 5.74) is 9.92. The summed E-state index contributed by atoms with van der Waals surface area (Å²) in [5.74, 6) is -5.85. The molecule has 2 aliphatic rings. The number of methoxy groups -OCH3 is 1. The molecule has 1 saturated heterocycles. The van der Waals surface area contributed by atoms with Gasteiger partial charge in [-0.05, 0) is 45.9 Å². The first-order valence-corrected chi connectivity index (χ1v) is 20.5. The third kappa shape index (κ3) is 12.3. The van der Waals surface area contributed by atoms with Crippen LogP contribution < -0.4 is 21.1 Å². The monoisotopic (exact) mass is 904 g/mol. The lowest BCUT2D eigenvalue weighted by molar-refractivity contribution is -0.282. The van der Waals surface area contributed by atoms with Crippen molar-refractivity contribution in [1.29, 1.82) is 0 Å². The molecule has 4 amide bonds. The Morgan fingerprint density at radius 3 is 1.94 bits per heavy atom. The van der Waals surface area contributed by atoms with Gasteiger partial charge in [-0.1, -0.05) is 68.4 Å². The lowest BCUT2D eigenvalue weighted by atomic mass is 9.97. The fraction of sp³-hybridized carbons (Fsp3) is 0.422. The SMILES string of the molecule is COC(=O)[C@H]1O[C@@H](Oc2ccc(COC(=O)N(C)[C@H](C(N)=O)C(C)C)cc2NC(=O)CCNC(=O)OCC2c3ccccc3-c3ccccc32)[C@H](OC(C)=O)[C@@H](OC(C)=O)[C@@H]1OC(C)=O. The number of ether oxygens (including phenoxy) is 8. The molecule has 0 radical (unpaired) electrons. The average Bonchev–Trinajstić information content (AvgIpc) is 3.56. The summed E-state index contributed by atoms with van der Waals surface area (Å²) in [5, 5.41) is 5.25. The lowest BCUT2D eigenvalue weighted by Crippen LogP contribution is -2.64. The van der Waals surface area contributed by atoms with E-state index in [-0.39, 0.29) is 49.5 Å². The van der Waals surface area contributed by atoms with Crippen molar-refractivity contribution in [2.24, 2.45) is 11.7 Å². The van der Waals surface area contributed by atoms with E-state index in [1.54, 1.807) is 13.8 Å². The normalized spacial score (nSPS) is 19.0. The van der Waals surface area contributed by atoms with Gasteiger partial charge in [0, 0.05) is 46.7 Å². The molecule has 1 fully saturated rings. The maximum Gasteiger partial charge on any atom is 0.410 e. The van der Waals surface area contributed by atoms with Crippen LogP contribution in [0.25, 0.3) is 11.1 Å². The van der Waals surface area contributed by atoms with Gasteiger partial charge in [-0.2, -0.15) is 0 Å². The molecule has 0 bridgehead atoms. The minimum Gasteiger partial charge on any atom is -0.467 e. The van der Waals surface area contributed by atoms with Crippen LogP contribution in [0.15, 0.2) is 66.7 Å². The molecule has 3 aromatic carbocycles. The lowest BCUT2D eigenvalue weighted by Gasteiger charge is -2.43. The van der Waals surface area contributed by atoms with Gasteiger partial charge in [0.1, 0.15) is 25.0 Å². The maximum atomic E-state index is 13.5. The predicted molar refractivity (Wildman–Crippen MR) is 226 cm³/mol.